The Balaban J connectivity index is 2.09. The van der Waals surface area contributed by atoms with Crippen LogP contribution in [-0.4, -0.2) is 26.2 Å². The Morgan fingerprint density at radius 1 is 1.04 bits per heavy atom. The van der Waals surface area contributed by atoms with Gasteiger partial charge in [-0.05, 0) is 48.9 Å². The molecular formula is C16H13BrF3N3O3S. The van der Waals surface area contributed by atoms with Crippen LogP contribution in [0.2, 0.25) is 0 Å². The molecule has 1 amide bonds. The van der Waals surface area contributed by atoms with Crippen LogP contribution in [0.1, 0.15) is 12.5 Å². The third-order valence-electron chi connectivity index (χ3n) is 3.28. The van der Waals surface area contributed by atoms with Gasteiger partial charge in [-0.25, -0.2) is 0 Å². The molecule has 0 spiro atoms. The van der Waals surface area contributed by atoms with Gasteiger partial charge in [-0.1, -0.05) is 28.1 Å². The number of nitrogens with one attached hydrogen (secondary N) is 2. The van der Waals surface area contributed by atoms with Gasteiger partial charge >= 0.3 is 12.1 Å². The Kier molecular flexibility index (Phi) is 6.26. The van der Waals surface area contributed by atoms with Crippen molar-refractivity contribution in [3.05, 3.63) is 58.6 Å². The van der Waals surface area contributed by atoms with E-state index in [2.05, 4.69) is 25.9 Å². The van der Waals surface area contributed by atoms with Crippen LogP contribution in [0.4, 0.5) is 18.9 Å². The van der Waals surface area contributed by atoms with Gasteiger partial charge in [0.15, 0.2) is 0 Å². The van der Waals surface area contributed by atoms with Crippen molar-refractivity contribution in [3.63, 3.8) is 0 Å². The van der Waals surface area contributed by atoms with E-state index >= 15 is 0 Å². The molecule has 2 aromatic carbocycles. The number of nitrogens with zero attached hydrogens (tertiary/aromatic N) is 1. The van der Waals surface area contributed by atoms with Crippen LogP contribution in [0.15, 0.2) is 63.0 Å². The van der Waals surface area contributed by atoms with E-state index in [1.807, 2.05) is 0 Å². The zero-order valence-electron chi connectivity index (χ0n) is 13.7. The maximum Gasteiger partial charge on any atom is 0.471 e. The fourth-order valence-corrected chi connectivity index (χ4v) is 2.98. The number of anilines is 1. The summed E-state index contributed by atoms with van der Waals surface area (Å²) in [6.45, 7) is 1.52. The van der Waals surface area contributed by atoms with Crippen LogP contribution < -0.4 is 10.1 Å². The standard InChI is InChI=1S/C16H13BrF3N3O3S/c1-10(22-23-27(25,26)14-8-4-12(17)5-9-14)11-2-6-13(7-3-11)21-15(24)16(18,19)20/h2-9,23H,1H3,(H,21,24). The zero-order chi connectivity index (χ0) is 20.2. The molecule has 11 heteroatoms. The monoisotopic (exact) mass is 463 g/mol. The van der Waals surface area contributed by atoms with Crippen molar-refractivity contribution in [2.45, 2.75) is 18.0 Å². The van der Waals surface area contributed by atoms with Gasteiger partial charge in [-0.3, -0.25) is 4.79 Å². The summed E-state index contributed by atoms with van der Waals surface area (Å²) in [5.41, 5.74) is 0.687. The smallest absolute Gasteiger partial charge is 0.318 e. The predicted octanol–water partition coefficient (Wildman–Crippen LogP) is 3.65. The largest absolute Gasteiger partial charge is 0.471 e. The molecule has 0 aromatic heterocycles. The molecule has 0 saturated carbocycles. The second kappa shape index (κ2) is 8.09. The van der Waals surface area contributed by atoms with E-state index < -0.39 is 22.1 Å². The predicted molar refractivity (Wildman–Crippen MR) is 97.8 cm³/mol. The van der Waals surface area contributed by atoms with Crippen molar-refractivity contribution < 1.29 is 26.4 Å². The van der Waals surface area contributed by atoms with Gasteiger partial charge in [-0.15, -0.1) is 0 Å². The lowest BCUT2D eigenvalue weighted by atomic mass is 10.1. The second-order valence-corrected chi connectivity index (χ2v) is 7.85. The van der Waals surface area contributed by atoms with Gasteiger partial charge in [0.25, 0.3) is 10.0 Å². The Bertz CT molecular complexity index is 957. The van der Waals surface area contributed by atoms with E-state index in [0.717, 1.165) is 4.47 Å². The lowest BCUT2D eigenvalue weighted by Gasteiger charge is -2.09. The molecule has 2 aromatic rings. The highest BCUT2D eigenvalue weighted by Gasteiger charge is 2.38. The summed E-state index contributed by atoms with van der Waals surface area (Å²) >= 11 is 3.21. The Morgan fingerprint density at radius 2 is 1.59 bits per heavy atom. The minimum Gasteiger partial charge on any atom is -0.318 e. The number of hydrogen-bond donors (Lipinski definition) is 2. The van der Waals surface area contributed by atoms with Gasteiger partial charge in [0.2, 0.25) is 0 Å². The van der Waals surface area contributed by atoms with Gasteiger partial charge in [0.05, 0.1) is 10.6 Å². The normalized spacial score (nSPS) is 12.6. The first-order valence-corrected chi connectivity index (χ1v) is 9.57. The van der Waals surface area contributed by atoms with Gasteiger partial charge in [0.1, 0.15) is 0 Å². The number of benzene rings is 2. The fourth-order valence-electron chi connectivity index (χ4n) is 1.86. The summed E-state index contributed by atoms with van der Waals surface area (Å²) in [4.78, 5) is 13.0. The average molecular weight is 464 g/mol. The Morgan fingerprint density at radius 3 is 2.11 bits per heavy atom. The summed E-state index contributed by atoms with van der Waals surface area (Å²) in [6, 6.07) is 11.2. The molecular weight excluding hydrogens is 451 g/mol. The van der Waals surface area contributed by atoms with Crippen molar-refractivity contribution in [2.24, 2.45) is 5.10 Å². The Hall–Kier alpha value is -2.40. The number of alkyl halides is 3. The lowest BCUT2D eigenvalue weighted by Crippen LogP contribution is -2.29. The third-order valence-corrected chi connectivity index (χ3v) is 5.03. The van der Waals surface area contributed by atoms with Crippen LogP contribution in [-0.2, 0) is 14.8 Å². The number of halogens is 4. The van der Waals surface area contributed by atoms with E-state index in [0.29, 0.717) is 5.56 Å². The van der Waals surface area contributed by atoms with E-state index in [4.69, 9.17) is 0 Å². The first-order chi connectivity index (χ1) is 12.5. The van der Waals surface area contributed by atoms with Crippen LogP contribution >= 0.6 is 15.9 Å². The first kappa shape index (κ1) is 20.9. The molecule has 0 aliphatic carbocycles. The number of amides is 1. The summed E-state index contributed by atoms with van der Waals surface area (Å²) in [6.07, 6.45) is -4.98. The third kappa shape index (κ3) is 5.79. The molecule has 6 nitrogen and oxygen atoms in total. The topological polar surface area (TPSA) is 87.6 Å². The molecule has 0 fully saturated rings. The van der Waals surface area contributed by atoms with Crippen LogP contribution in [0.5, 0.6) is 0 Å². The summed E-state index contributed by atoms with van der Waals surface area (Å²) in [5.74, 6) is -2.08. The number of sulfonamides is 1. The zero-order valence-corrected chi connectivity index (χ0v) is 16.1. The van der Waals surface area contributed by atoms with Crippen molar-refractivity contribution in [1.82, 2.24) is 4.83 Å². The van der Waals surface area contributed by atoms with Crippen molar-refractivity contribution in [1.29, 1.82) is 0 Å². The SMILES string of the molecule is CC(=NNS(=O)(=O)c1ccc(Br)cc1)c1ccc(NC(=O)C(F)(F)F)cc1. The van der Waals surface area contributed by atoms with E-state index in [9.17, 15) is 26.4 Å². The number of hydrazone groups is 1. The number of carbonyl (C=O) groups excluding carboxylic acids is 1. The van der Waals surface area contributed by atoms with Crippen LogP contribution in [0.25, 0.3) is 0 Å². The maximum atomic E-state index is 12.2. The highest BCUT2D eigenvalue weighted by atomic mass is 79.9. The maximum absolute atomic E-state index is 12.2. The quantitative estimate of drug-likeness (QED) is 0.523. The molecule has 0 saturated heterocycles. The van der Waals surface area contributed by atoms with Gasteiger partial charge in [-0.2, -0.15) is 31.5 Å². The molecule has 0 bridgehead atoms. The molecule has 0 radical (unpaired) electrons. The molecule has 0 atom stereocenters. The molecule has 27 heavy (non-hydrogen) atoms. The van der Waals surface area contributed by atoms with Gasteiger partial charge in [0, 0.05) is 10.2 Å². The minimum absolute atomic E-state index is 0.0208. The van der Waals surface area contributed by atoms with Crippen molar-refractivity contribution in [3.8, 4) is 0 Å². The molecule has 144 valence electrons. The van der Waals surface area contributed by atoms with Crippen molar-refractivity contribution in [2.75, 3.05) is 5.32 Å². The molecule has 2 rings (SSSR count). The van der Waals surface area contributed by atoms with E-state index in [1.54, 1.807) is 17.4 Å². The summed E-state index contributed by atoms with van der Waals surface area (Å²) < 4.78 is 61.7. The van der Waals surface area contributed by atoms with Crippen LogP contribution in [0.3, 0.4) is 0 Å². The molecule has 0 unspecified atom stereocenters. The molecule has 0 aliphatic rings. The Labute approximate surface area is 161 Å². The second-order valence-electron chi connectivity index (χ2n) is 5.28. The minimum atomic E-state index is -4.98. The fraction of sp³-hybridized carbons (Fsp3) is 0.125. The molecule has 0 heterocycles. The molecule has 0 aliphatic heterocycles. The van der Waals surface area contributed by atoms with E-state index in [1.165, 1.54) is 43.3 Å². The first-order valence-electron chi connectivity index (χ1n) is 7.29. The average Bonchev–Trinajstić information content (AvgIpc) is 2.60. The number of carbonyl (C=O) groups is 1. The highest BCUT2D eigenvalue weighted by Crippen LogP contribution is 2.19. The van der Waals surface area contributed by atoms with Gasteiger partial charge < -0.3 is 5.32 Å². The summed E-state index contributed by atoms with van der Waals surface area (Å²) in [5, 5.41) is 5.51. The highest BCUT2D eigenvalue weighted by molar-refractivity contribution is 9.10. The van der Waals surface area contributed by atoms with Crippen LogP contribution in [0, 0.1) is 0 Å². The lowest BCUT2D eigenvalue weighted by molar-refractivity contribution is -0.167. The van der Waals surface area contributed by atoms with Crippen molar-refractivity contribution >= 4 is 43.3 Å². The molecule has 2 N–H and O–H groups in total. The number of rotatable bonds is 5. The number of hydrogen-bond acceptors (Lipinski definition) is 4. The van der Waals surface area contributed by atoms with E-state index in [-0.39, 0.29) is 16.3 Å². The summed E-state index contributed by atoms with van der Waals surface area (Å²) in [7, 11) is -3.86.